The van der Waals surface area contributed by atoms with Gasteiger partial charge in [0.25, 0.3) is 0 Å². The molecule has 2 aromatic rings. The van der Waals surface area contributed by atoms with Crippen LogP contribution in [0.4, 0.5) is 0 Å². The second-order valence-corrected chi connectivity index (χ2v) is 8.67. The third kappa shape index (κ3) is 6.35. The van der Waals surface area contributed by atoms with Crippen LogP contribution in [0, 0.1) is 5.92 Å². The average molecular weight is 403 g/mol. The fourth-order valence-corrected chi connectivity index (χ4v) is 4.22. The quantitative estimate of drug-likeness (QED) is 0.687. The normalized spacial score (nSPS) is 15.9. The lowest BCUT2D eigenvalue weighted by atomic mass is 9.96. The van der Waals surface area contributed by atoms with E-state index in [1.54, 1.807) is 30.3 Å². The summed E-state index contributed by atoms with van der Waals surface area (Å²) in [5.74, 6) is 0.323. The first-order chi connectivity index (χ1) is 13.5. The van der Waals surface area contributed by atoms with Gasteiger partial charge in [0.1, 0.15) is 5.75 Å². The van der Waals surface area contributed by atoms with Crippen molar-refractivity contribution in [3.8, 4) is 5.75 Å². The molecule has 0 aliphatic carbocycles. The molecule has 1 N–H and O–H groups in total. The zero-order valence-corrected chi connectivity index (χ0v) is 16.6. The molecule has 1 saturated heterocycles. The van der Waals surface area contributed by atoms with E-state index < -0.39 is 10.1 Å². The number of benzene rings is 2. The molecule has 3 rings (SSSR count). The molecule has 0 aromatic heterocycles. The van der Waals surface area contributed by atoms with Crippen molar-refractivity contribution in [2.45, 2.75) is 19.4 Å². The van der Waals surface area contributed by atoms with E-state index in [0.29, 0.717) is 31.9 Å². The summed E-state index contributed by atoms with van der Waals surface area (Å²) in [6.07, 6.45) is 1.47. The van der Waals surface area contributed by atoms with Gasteiger partial charge in [-0.1, -0.05) is 48.5 Å². The first-order valence-corrected chi connectivity index (χ1v) is 11.1. The van der Waals surface area contributed by atoms with Crippen LogP contribution in [0.3, 0.4) is 0 Å². The highest BCUT2D eigenvalue weighted by molar-refractivity contribution is 7.87. The van der Waals surface area contributed by atoms with Gasteiger partial charge in [0.05, 0.1) is 5.75 Å². The standard InChI is InChI=1S/C21H26N2O4S/c24-21(22-17-18-7-3-1-4-8-18)19-11-13-23(14-12-19)15-16-28(25,26)27-20-9-5-2-6-10-20/h1-10,19H,11-17H2,(H,22,24). The Morgan fingerprint density at radius 1 is 1.00 bits per heavy atom. The van der Waals surface area contributed by atoms with Crippen molar-refractivity contribution in [2.75, 3.05) is 25.4 Å². The van der Waals surface area contributed by atoms with Crippen LogP contribution < -0.4 is 9.50 Å². The fraction of sp³-hybridized carbons (Fsp3) is 0.381. The number of amides is 1. The molecular formula is C21H26N2O4S. The molecule has 1 amide bonds. The highest BCUT2D eigenvalue weighted by atomic mass is 32.2. The van der Waals surface area contributed by atoms with Crippen LogP contribution in [0.1, 0.15) is 18.4 Å². The van der Waals surface area contributed by atoms with Gasteiger partial charge in [-0.2, -0.15) is 8.42 Å². The Morgan fingerprint density at radius 2 is 1.61 bits per heavy atom. The van der Waals surface area contributed by atoms with Crippen molar-refractivity contribution < 1.29 is 17.4 Å². The average Bonchev–Trinajstić information content (AvgIpc) is 2.72. The molecular weight excluding hydrogens is 376 g/mol. The van der Waals surface area contributed by atoms with Crippen molar-refractivity contribution >= 4 is 16.0 Å². The van der Waals surface area contributed by atoms with Crippen molar-refractivity contribution in [1.29, 1.82) is 0 Å². The Labute approximate surface area is 166 Å². The van der Waals surface area contributed by atoms with Crippen LogP contribution in [0.2, 0.25) is 0 Å². The van der Waals surface area contributed by atoms with Gasteiger partial charge < -0.3 is 14.4 Å². The molecule has 28 heavy (non-hydrogen) atoms. The predicted molar refractivity (Wildman–Crippen MR) is 108 cm³/mol. The van der Waals surface area contributed by atoms with Crippen molar-refractivity contribution in [3.63, 3.8) is 0 Å². The highest BCUT2D eigenvalue weighted by Gasteiger charge is 2.26. The summed E-state index contributed by atoms with van der Waals surface area (Å²) in [4.78, 5) is 14.4. The lowest BCUT2D eigenvalue weighted by molar-refractivity contribution is -0.126. The number of nitrogens with one attached hydrogen (secondary N) is 1. The molecule has 1 aliphatic rings. The van der Waals surface area contributed by atoms with Crippen LogP contribution in [0.15, 0.2) is 60.7 Å². The maximum absolute atomic E-state index is 12.4. The Balaban J connectivity index is 1.38. The van der Waals surface area contributed by atoms with Crippen molar-refractivity contribution in [3.05, 3.63) is 66.2 Å². The van der Waals surface area contributed by atoms with E-state index in [1.807, 2.05) is 30.3 Å². The maximum atomic E-state index is 12.4. The highest BCUT2D eigenvalue weighted by Crippen LogP contribution is 2.18. The number of para-hydroxylation sites is 1. The molecule has 6 nitrogen and oxygen atoms in total. The summed E-state index contributed by atoms with van der Waals surface area (Å²) in [7, 11) is -3.62. The molecule has 1 heterocycles. The molecule has 150 valence electrons. The summed E-state index contributed by atoms with van der Waals surface area (Å²) >= 11 is 0. The second-order valence-electron chi connectivity index (χ2n) is 6.98. The van der Waals surface area contributed by atoms with Gasteiger partial charge in [-0.05, 0) is 43.6 Å². The Morgan fingerprint density at radius 3 is 2.25 bits per heavy atom. The molecule has 1 fully saturated rings. The Bertz CT molecular complexity index is 848. The molecule has 0 saturated carbocycles. The fourth-order valence-electron chi connectivity index (χ4n) is 3.25. The zero-order chi connectivity index (χ0) is 19.8. The molecule has 0 bridgehead atoms. The van der Waals surface area contributed by atoms with Gasteiger partial charge in [-0.15, -0.1) is 0 Å². The van der Waals surface area contributed by atoms with Crippen molar-refractivity contribution in [2.24, 2.45) is 5.92 Å². The van der Waals surface area contributed by atoms with E-state index in [9.17, 15) is 13.2 Å². The molecule has 7 heteroatoms. The minimum atomic E-state index is -3.62. The van der Waals surface area contributed by atoms with E-state index in [4.69, 9.17) is 4.18 Å². The van der Waals surface area contributed by atoms with Crippen LogP contribution in [-0.4, -0.2) is 44.6 Å². The van der Waals surface area contributed by atoms with E-state index in [0.717, 1.165) is 18.4 Å². The summed E-state index contributed by atoms with van der Waals surface area (Å²) in [6, 6.07) is 18.4. The summed E-state index contributed by atoms with van der Waals surface area (Å²) in [6.45, 7) is 2.37. The molecule has 1 aliphatic heterocycles. The third-order valence-corrected chi connectivity index (χ3v) is 6.02. The maximum Gasteiger partial charge on any atom is 0.310 e. The van der Waals surface area contributed by atoms with Gasteiger partial charge in [0.15, 0.2) is 0 Å². The predicted octanol–water partition coefficient (Wildman–Crippen LogP) is 2.42. The Hall–Kier alpha value is -2.38. The molecule has 2 aromatic carbocycles. The minimum absolute atomic E-state index is 0.0165. The van der Waals surface area contributed by atoms with Gasteiger partial charge in [-0.3, -0.25) is 4.79 Å². The number of carbonyl (C=O) groups excluding carboxylic acids is 1. The van der Waals surface area contributed by atoms with Gasteiger partial charge in [0, 0.05) is 19.0 Å². The number of likely N-dealkylation sites (tertiary alicyclic amines) is 1. The van der Waals surface area contributed by atoms with E-state index in [2.05, 4.69) is 10.2 Å². The SMILES string of the molecule is O=C(NCc1ccccc1)C1CCN(CCS(=O)(=O)Oc2ccccc2)CC1. The van der Waals surface area contributed by atoms with Crippen LogP contribution in [-0.2, 0) is 21.5 Å². The second kappa shape index (κ2) is 9.71. The van der Waals surface area contributed by atoms with Gasteiger partial charge >= 0.3 is 10.1 Å². The first-order valence-electron chi connectivity index (χ1n) is 9.53. The topological polar surface area (TPSA) is 75.7 Å². The lowest BCUT2D eigenvalue weighted by Gasteiger charge is -2.31. The zero-order valence-electron chi connectivity index (χ0n) is 15.8. The summed E-state index contributed by atoms with van der Waals surface area (Å²) in [5.41, 5.74) is 1.08. The number of rotatable bonds is 8. The summed E-state index contributed by atoms with van der Waals surface area (Å²) in [5, 5.41) is 2.99. The molecule has 0 unspecified atom stereocenters. The number of hydrogen-bond donors (Lipinski definition) is 1. The number of piperidine rings is 1. The molecule has 0 spiro atoms. The number of nitrogens with zero attached hydrogens (tertiary/aromatic N) is 1. The van der Waals surface area contributed by atoms with Crippen LogP contribution in [0.5, 0.6) is 5.75 Å². The van der Waals surface area contributed by atoms with E-state index in [1.165, 1.54) is 0 Å². The van der Waals surface area contributed by atoms with Crippen LogP contribution >= 0.6 is 0 Å². The van der Waals surface area contributed by atoms with Gasteiger partial charge in [0.2, 0.25) is 5.91 Å². The smallest absolute Gasteiger partial charge is 0.310 e. The van der Waals surface area contributed by atoms with Crippen molar-refractivity contribution in [1.82, 2.24) is 10.2 Å². The molecule has 0 atom stereocenters. The van der Waals surface area contributed by atoms with Crippen LogP contribution in [0.25, 0.3) is 0 Å². The Kier molecular flexibility index (Phi) is 7.06. The third-order valence-electron chi connectivity index (χ3n) is 4.89. The first kappa shape index (κ1) is 20.4. The molecule has 0 radical (unpaired) electrons. The monoisotopic (exact) mass is 402 g/mol. The largest absolute Gasteiger partial charge is 0.382 e. The minimum Gasteiger partial charge on any atom is -0.382 e. The summed E-state index contributed by atoms with van der Waals surface area (Å²) < 4.78 is 29.4. The van der Waals surface area contributed by atoms with E-state index >= 15 is 0 Å². The van der Waals surface area contributed by atoms with E-state index in [-0.39, 0.29) is 17.6 Å². The number of hydrogen-bond acceptors (Lipinski definition) is 5. The number of carbonyl (C=O) groups is 1. The van der Waals surface area contributed by atoms with Gasteiger partial charge in [-0.25, -0.2) is 0 Å². The lowest BCUT2D eigenvalue weighted by Crippen LogP contribution is -2.42.